The molecule has 1 aliphatic heterocycles. The van der Waals surface area contributed by atoms with Crippen molar-refractivity contribution in [2.24, 2.45) is 0 Å². The first kappa shape index (κ1) is 18.8. The highest BCUT2D eigenvalue weighted by molar-refractivity contribution is 7.88. The van der Waals surface area contributed by atoms with E-state index in [1.807, 2.05) is 51.1 Å². The number of nitrogens with zero attached hydrogens (tertiary/aromatic N) is 3. The molecule has 6 nitrogen and oxygen atoms in total. The van der Waals surface area contributed by atoms with E-state index < -0.39 is 10.0 Å². The maximum absolute atomic E-state index is 12.7. The molecule has 0 saturated carbocycles. The van der Waals surface area contributed by atoms with Crippen LogP contribution in [0.3, 0.4) is 0 Å². The quantitative estimate of drug-likeness (QED) is 0.803. The van der Waals surface area contributed by atoms with Crippen LogP contribution in [-0.4, -0.2) is 41.9 Å². The van der Waals surface area contributed by atoms with Crippen molar-refractivity contribution < 1.29 is 13.2 Å². The normalized spacial score (nSPS) is 16.6. The topological polar surface area (TPSA) is 72.4 Å². The Labute approximate surface area is 155 Å². The van der Waals surface area contributed by atoms with Crippen LogP contribution in [0.25, 0.3) is 0 Å². The van der Waals surface area contributed by atoms with E-state index in [4.69, 9.17) is 4.74 Å². The monoisotopic (exact) mass is 375 g/mol. The van der Waals surface area contributed by atoms with Gasteiger partial charge in [-0.1, -0.05) is 29.8 Å². The van der Waals surface area contributed by atoms with Gasteiger partial charge in [0.2, 0.25) is 15.9 Å². The van der Waals surface area contributed by atoms with E-state index in [0.29, 0.717) is 37.6 Å². The largest absolute Gasteiger partial charge is 0.474 e. The van der Waals surface area contributed by atoms with Crippen molar-refractivity contribution in [3.63, 3.8) is 0 Å². The predicted octanol–water partition coefficient (Wildman–Crippen LogP) is 2.78. The first-order valence-corrected chi connectivity index (χ1v) is 10.4. The predicted molar refractivity (Wildman–Crippen MR) is 101 cm³/mol. The van der Waals surface area contributed by atoms with Crippen LogP contribution < -0.4 is 4.74 Å². The minimum Gasteiger partial charge on any atom is -0.474 e. The minimum absolute atomic E-state index is 0.0190. The molecule has 0 atom stereocenters. The third-order valence-corrected chi connectivity index (χ3v) is 6.34. The Morgan fingerprint density at radius 1 is 1.08 bits per heavy atom. The summed E-state index contributed by atoms with van der Waals surface area (Å²) in [6.45, 7) is 6.68. The second-order valence-electron chi connectivity index (χ2n) is 6.85. The second kappa shape index (κ2) is 7.72. The van der Waals surface area contributed by atoms with E-state index in [2.05, 4.69) is 9.97 Å². The van der Waals surface area contributed by atoms with Crippen LogP contribution in [0.5, 0.6) is 5.88 Å². The summed E-state index contributed by atoms with van der Waals surface area (Å²) in [5, 5.41) is 0. The molecule has 0 bridgehead atoms. The van der Waals surface area contributed by atoms with E-state index in [9.17, 15) is 8.42 Å². The van der Waals surface area contributed by atoms with E-state index in [1.165, 1.54) is 0 Å². The summed E-state index contributed by atoms with van der Waals surface area (Å²) in [7, 11) is -3.31. The Kier molecular flexibility index (Phi) is 5.58. The average Bonchev–Trinajstić information content (AvgIpc) is 2.56. The third-order valence-electron chi connectivity index (χ3n) is 4.49. The van der Waals surface area contributed by atoms with Crippen LogP contribution in [0.15, 0.2) is 30.3 Å². The third kappa shape index (κ3) is 4.80. The molecule has 26 heavy (non-hydrogen) atoms. The maximum atomic E-state index is 12.7. The van der Waals surface area contributed by atoms with Gasteiger partial charge in [0.15, 0.2) is 0 Å². The number of rotatable bonds is 5. The fourth-order valence-electron chi connectivity index (χ4n) is 3.13. The number of hydrogen-bond donors (Lipinski definition) is 0. The van der Waals surface area contributed by atoms with E-state index in [1.54, 1.807) is 4.31 Å². The van der Waals surface area contributed by atoms with Gasteiger partial charge in [0, 0.05) is 24.8 Å². The fraction of sp³-hybridized carbons (Fsp3) is 0.474. The summed E-state index contributed by atoms with van der Waals surface area (Å²) in [6.07, 6.45) is 1.30. The zero-order valence-corrected chi connectivity index (χ0v) is 16.3. The number of benzene rings is 1. The molecule has 1 saturated heterocycles. The fourth-order valence-corrected chi connectivity index (χ4v) is 4.69. The second-order valence-corrected chi connectivity index (χ2v) is 8.82. The molecule has 0 radical (unpaired) electrons. The number of ether oxygens (including phenoxy) is 1. The molecule has 0 spiro atoms. The molecule has 0 unspecified atom stereocenters. The molecule has 1 aromatic carbocycles. The molecule has 1 fully saturated rings. The highest BCUT2D eigenvalue weighted by atomic mass is 32.2. The van der Waals surface area contributed by atoms with E-state index in [-0.39, 0.29) is 11.9 Å². The van der Waals surface area contributed by atoms with Crippen LogP contribution in [-0.2, 0) is 15.8 Å². The van der Waals surface area contributed by atoms with Crippen molar-refractivity contribution in [2.45, 2.75) is 45.5 Å². The van der Waals surface area contributed by atoms with Crippen molar-refractivity contribution in [3.05, 3.63) is 53.0 Å². The zero-order valence-electron chi connectivity index (χ0n) is 15.5. The van der Waals surface area contributed by atoms with Gasteiger partial charge in [0.05, 0.1) is 5.75 Å². The lowest BCUT2D eigenvalue weighted by atomic mass is 10.1. The lowest BCUT2D eigenvalue weighted by Crippen LogP contribution is -2.42. The molecule has 3 rings (SSSR count). The summed E-state index contributed by atoms with van der Waals surface area (Å²) < 4.78 is 32.8. The van der Waals surface area contributed by atoms with Crippen LogP contribution >= 0.6 is 0 Å². The van der Waals surface area contributed by atoms with Crippen molar-refractivity contribution in [3.8, 4) is 5.88 Å². The Morgan fingerprint density at radius 2 is 1.73 bits per heavy atom. The van der Waals surface area contributed by atoms with Gasteiger partial charge in [-0.25, -0.2) is 17.7 Å². The number of hydrogen-bond acceptors (Lipinski definition) is 5. The molecule has 0 amide bonds. The van der Waals surface area contributed by atoms with E-state index in [0.717, 1.165) is 16.8 Å². The average molecular weight is 375 g/mol. The highest BCUT2D eigenvalue weighted by Gasteiger charge is 2.29. The van der Waals surface area contributed by atoms with Crippen LogP contribution in [0.2, 0.25) is 0 Å². The van der Waals surface area contributed by atoms with Crippen LogP contribution in [0, 0.1) is 20.8 Å². The molecule has 1 aromatic heterocycles. The standard InChI is InChI=1S/C19H25N3O3S/c1-14-4-6-17(7-5-14)13-26(23,24)22-10-8-18(9-11-22)25-19-12-15(2)20-16(3)21-19/h4-7,12,18H,8-11,13H2,1-3H3. The summed E-state index contributed by atoms with van der Waals surface area (Å²) in [4.78, 5) is 8.53. The van der Waals surface area contributed by atoms with Gasteiger partial charge in [-0.15, -0.1) is 0 Å². The lowest BCUT2D eigenvalue weighted by molar-refractivity contribution is 0.129. The van der Waals surface area contributed by atoms with Crippen molar-refractivity contribution in [1.82, 2.24) is 14.3 Å². The first-order chi connectivity index (χ1) is 12.3. The Hall–Kier alpha value is -1.99. The minimum atomic E-state index is -3.31. The molecular formula is C19H25N3O3S. The van der Waals surface area contributed by atoms with E-state index >= 15 is 0 Å². The summed E-state index contributed by atoms with van der Waals surface area (Å²) in [5.41, 5.74) is 2.81. The van der Waals surface area contributed by atoms with Gasteiger partial charge >= 0.3 is 0 Å². The lowest BCUT2D eigenvalue weighted by Gasteiger charge is -2.31. The van der Waals surface area contributed by atoms with Crippen molar-refractivity contribution in [1.29, 1.82) is 0 Å². The van der Waals surface area contributed by atoms with Crippen LogP contribution in [0.1, 0.15) is 35.5 Å². The summed E-state index contributed by atoms with van der Waals surface area (Å²) in [5.74, 6) is 1.29. The maximum Gasteiger partial charge on any atom is 0.218 e. The van der Waals surface area contributed by atoms with Gasteiger partial charge in [-0.3, -0.25) is 0 Å². The molecule has 2 heterocycles. The van der Waals surface area contributed by atoms with Crippen molar-refractivity contribution >= 4 is 10.0 Å². The van der Waals surface area contributed by atoms with Gasteiger partial charge in [0.25, 0.3) is 0 Å². The molecule has 0 N–H and O–H groups in total. The Morgan fingerprint density at radius 3 is 2.35 bits per heavy atom. The number of aryl methyl sites for hydroxylation is 3. The number of aromatic nitrogens is 2. The molecule has 140 valence electrons. The Bertz CT molecular complexity index is 838. The SMILES string of the molecule is Cc1ccc(CS(=O)(=O)N2CCC(Oc3cc(C)nc(C)n3)CC2)cc1. The molecular weight excluding hydrogens is 350 g/mol. The van der Waals surface area contributed by atoms with Gasteiger partial charge in [-0.2, -0.15) is 4.98 Å². The highest BCUT2D eigenvalue weighted by Crippen LogP contribution is 2.21. The van der Waals surface area contributed by atoms with Crippen LogP contribution in [0.4, 0.5) is 0 Å². The summed E-state index contributed by atoms with van der Waals surface area (Å²) in [6, 6.07) is 9.45. The molecule has 7 heteroatoms. The first-order valence-electron chi connectivity index (χ1n) is 8.84. The smallest absolute Gasteiger partial charge is 0.218 e. The summed E-state index contributed by atoms with van der Waals surface area (Å²) >= 11 is 0. The van der Waals surface area contributed by atoms with Gasteiger partial charge < -0.3 is 4.74 Å². The zero-order chi connectivity index (χ0) is 18.7. The van der Waals surface area contributed by atoms with Gasteiger partial charge in [-0.05, 0) is 39.2 Å². The van der Waals surface area contributed by atoms with Gasteiger partial charge in [0.1, 0.15) is 11.9 Å². The van der Waals surface area contributed by atoms with Crippen molar-refractivity contribution in [2.75, 3.05) is 13.1 Å². The number of sulfonamides is 1. The molecule has 1 aliphatic rings. The molecule has 2 aromatic rings. The molecule has 0 aliphatic carbocycles. The Balaban J connectivity index is 1.57. The number of piperidine rings is 1.